The number of aromatic amines is 1. The predicted molar refractivity (Wildman–Crippen MR) is 103 cm³/mol. The lowest BCUT2D eigenvalue weighted by Gasteiger charge is -2.07. The zero-order valence-electron chi connectivity index (χ0n) is 14.9. The van der Waals surface area contributed by atoms with Crippen molar-refractivity contribution < 1.29 is 13.2 Å². The standard InChI is InChI=1S/C19H21N3O4S/c1-14-6-8-15(9-7-14)27(25,26)13-10-18(23)20-11-12-22-17-5-3-2-4-16(17)21-19(22)24/h2-9H,10-13H2,1H3,(H,20,23)(H,21,24). The van der Waals surface area contributed by atoms with Gasteiger partial charge in [-0.05, 0) is 31.2 Å². The number of fused-ring (bicyclic) bond motifs is 1. The molecule has 8 heteroatoms. The van der Waals surface area contributed by atoms with Crippen LogP contribution in [0.2, 0.25) is 0 Å². The maximum atomic E-state index is 12.3. The van der Waals surface area contributed by atoms with Crippen molar-refractivity contribution in [2.24, 2.45) is 0 Å². The SMILES string of the molecule is Cc1ccc(S(=O)(=O)CCC(=O)NCCn2c(=O)[nH]c3ccccc32)cc1. The first-order chi connectivity index (χ1) is 12.9. The molecule has 142 valence electrons. The average molecular weight is 387 g/mol. The number of hydrogen-bond donors (Lipinski definition) is 2. The smallest absolute Gasteiger partial charge is 0.326 e. The average Bonchev–Trinajstić information content (AvgIpc) is 2.96. The molecule has 0 atom stereocenters. The van der Waals surface area contributed by atoms with E-state index in [-0.39, 0.29) is 35.2 Å². The summed E-state index contributed by atoms with van der Waals surface area (Å²) >= 11 is 0. The third-order valence-electron chi connectivity index (χ3n) is 4.32. The number of para-hydroxylation sites is 2. The Bertz CT molecular complexity index is 1110. The van der Waals surface area contributed by atoms with Crippen molar-refractivity contribution in [2.75, 3.05) is 12.3 Å². The normalized spacial score (nSPS) is 11.6. The van der Waals surface area contributed by atoms with Gasteiger partial charge in [-0.2, -0.15) is 0 Å². The van der Waals surface area contributed by atoms with Gasteiger partial charge in [0.25, 0.3) is 0 Å². The molecule has 2 aromatic carbocycles. The van der Waals surface area contributed by atoms with E-state index >= 15 is 0 Å². The molecule has 0 unspecified atom stereocenters. The topological polar surface area (TPSA) is 101 Å². The van der Waals surface area contributed by atoms with Crippen LogP contribution in [0.15, 0.2) is 58.2 Å². The molecule has 0 bridgehead atoms. The molecule has 0 radical (unpaired) electrons. The molecule has 0 saturated heterocycles. The first kappa shape index (κ1) is 18.9. The highest BCUT2D eigenvalue weighted by Crippen LogP contribution is 2.13. The van der Waals surface area contributed by atoms with E-state index in [1.54, 1.807) is 28.8 Å². The number of amides is 1. The Morgan fingerprint density at radius 3 is 2.56 bits per heavy atom. The fourth-order valence-electron chi connectivity index (χ4n) is 2.81. The number of imidazole rings is 1. The zero-order valence-corrected chi connectivity index (χ0v) is 15.8. The molecule has 0 aliphatic rings. The highest BCUT2D eigenvalue weighted by atomic mass is 32.2. The zero-order chi connectivity index (χ0) is 19.4. The number of nitrogens with zero attached hydrogens (tertiary/aromatic N) is 1. The van der Waals surface area contributed by atoms with E-state index in [2.05, 4.69) is 10.3 Å². The minimum Gasteiger partial charge on any atom is -0.354 e. The highest BCUT2D eigenvalue weighted by molar-refractivity contribution is 7.91. The summed E-state index contributed by atoms with van der Waals surface area (Å²) in [5.74, 6) is -0.617. The Balaban J connectivity index is 1.53. The summed E-state index contributed by atoms with van der Waals surface area (Å²) in [6.07, 6.45) is -0.126. The Morgan fingerprint density at radius 2 is 1.81 bits per heavy atom. The second-order valence-electron chi connectivity index (χ2n) is 6.33. The Morgan fingerprint density at radius 1 is 1.11 bits per heavy atom. The quantitative estimate of drug-likeness (QED) is 0.643. The summed E-state index contributed by atoms with van der Waals surface area (Å²) in [6.45, 7) is 2.42. The number of benzene rings is 2. The van der Waals surface area contributed by atoms with E-state index in [0.29, 0.717) is 6.54 Å². The molecule has 0 aliphatic carbocycles. The number of aromatic nitrogens is 2. The molecule has 3 rings (SSSR count). The van der Waals surface area contributed by atoms with Crippen molar-refractivity contribution in [1.29, 1.82) is 0 Å². The Hall–Kier alpha value is -2.87. The largest absolute Gasteiger partial charge is 0.354 e. The van der Waals surface area contributed by atoms with Crippen molar-refractivity contribution >= 4 is 26.8 Å². The molecule has 0 saturated carbocycles. The van der Waals surface area contributed by atoms with Gasteiger partial charge in [0.15, 0.2) is 9.84 Å². The molecule has 1 heterocycles. The number of nitrogens with one attached hydrogen (secondary N) is 2. The number of H-pyrrole nitrogens is 1. The lowest BCUT2D eigenvalue weighted by molar-refractivity contribution is -0.120. The van der Waals surface area contributed by atoms with Crippen molar-refractivity contribution in [2.45, 2.75) is 24.8 Å². The van der Waals surface area contributed by atoms with Gasteiger partial charge in [-0.3, -0.25) is 9.36 Å². The second kappa shape index (κ2) is 7.79. The number of aryl methyl sites for hydroxylation is 1. The molecule has 1 aromatic heterocycles. The Labute approximate surface area is 156 Å². The summed E-state index contributed by atoms with van der Waals surface area (Å²) in [5, 5.41) is 2.67. The van der Waals surface area contributed by atoms with E-state index in [4.69, 9.17) is 0 Å². The van der Waals surface area contributed by atoms with Gasteiger partial charge >= 0.3 is 5.69 Å². The van der Waals surface area contributed by atoms with E-state index in [1.165, 1.54) is 0 Å². The van der Waals surface area contributed by atoms with Crippen molar-refractivity contribution in [3.63, 3.8) is 0 Å². The summed E-state index contributed by atoms with van der Waals surface area (Å²) in [4.78, 5) is 26.9. The number of rotatable bonds is 7. The van der Waals surface area contributed by atoms with Gasteiger partial charge in [0.2, 0.25) is 5.91 Å². The van der Waals surface area contributed by atoms with Gasteiger partial charge in [-0.1, -0.05) is 29.8 Å². The van der Waals surface area contributed by atoms with Crippen LogP contribution >= 0.6 is 0 Å². The second-order valence-corrected chi connectivity index (χ2v) is 8.44. The fraction of sp³-hybridized carbons (Fsp3) is 0.263. The number of carbonyl (C=O) groups is 1. The first-order valence-electron chi connectivity index (χ1n) is 8.60. The van der Waals surface area contributed by atoms with Gasteiger partial charge in [0, 0.05) is 19.5 Å². The van der Waals surface area contributed by atoms with Crippen LogP contribution in [-0.2, 0) is 21.2 Å². The minimum atomic E-state index is -3.50. The van der Waals surface area contributed by atoms with Crippen LogP contribution < -0.4 is 11.0 Å². The molecular formula is C19H21N3O4S. The van der Waals surface area contributed by atoms with E-state index in [0.717, 1.165) is 16.6 Å². The third kappa shape index (κ3) is 4.46. The molecule has 0 fully saturated rings. The highest BCUT2D eigenvalue weighted by Gasteiger charge is 2.16. The Kier molecular flexibility index (Phi) is 5.46. The predicted octanol–water partition coefficient (Wildman–Crippen LogP) is 1.62. The molecule has 7 nitrogen and oxygen atoms in total. The molecular weight excluding hydrogens is 366 g/mol. The summed E-state index contributed by atoms with van der Waals surface area (Å²) < 4.78 is 26.1. The van der Waals surface area contributed by atoms with Crippen LogP contribution in [0.5, 0.6) is 0 Å². The van der Waals surface area contributed by atoms with E-state index in [9.17, 15) is 18.0 Å². The van der Waals surface area contributed by atoms with Crippen LogP contribution in [0.1, 0.15) is 12.0 Å². The van der Waals surface area contributed by atoms with Gasteiger partial charge in [0.05, 0.1) is 21.7 Å². The van der Waals surface area contributed by atoms with E-state index < -0.39 is 9.84 Å². The molecule has 27 heavy (non-hydrogen) atoms. The van der Waals surface area contributed by atoms with Crippen LogP contribution in [-0.4, -0.2) is 36.2 Å². The lowest BCUT2D eigenvalue weighted by atomic mass is 10.2. The molecule has 0 aliphatic heterocycles. The summed E-state index contributed by atoms with van der Waals surface area (Å²) in [5.41, 5.74) is 2.23. The van der Waals surface area contributed by atoms with Crippen molar-refractivity contribution in [3.05, 3.63) is 64.6 Å². The minimum absolute atomic E-state index is 0.126. The van der Waals surface area contributed by atoms with Gasteiger partial charge < -0.3 is 10.3 Å². The maximum Gasteiger partial charge on any atom is 0.326 e. The molecule has 0 spiro atoms. The lowest BCUT2D eigenvalue weighted by Crippen LogP contribution is -2.31. The monoisotopic (exact) mass is 387 g/mol. The van der Waals surface area contributed by atoms with Crippen LogP contribution in [0.25, 0.3) is 11.0 Å². The van der Waals surface area contributed by atoms with Crippen molar-refractivity contribution in [1.82, 2.24) is 14.9 Å². The number of sulfone groups is 1. The third-order valence-corrected chi connectivity index (χ3v) is 6.05. The number of carbonyl (C=O) groups excluding carboxylic acids is 1. The number of hydrogen-bond acceptors (Lipinski definition) is 4. The van der Waals surface area contributed by atoms with Crippen LogP contribution in [0, 0.1) is 6.92 Å². The van der Waals surface area contributed by atoms with Crippen LogP contribution in [0.4, 0.5) is 0 Å². The van der Waals surface area contributed by atoms with Gasteiger partial charge in [0.1, 0.15) is 0 Å². The van der Waals surface area contributed by atoms with E-state index in [1.807, 2.05) is 31.2 Å². The van der Waals surface area contributed by atoms with Crippen LogP contribution in [0.3, 0.4) is 0 Å². The molecule has 1 amide bonds. The molecule has 3 aromatic rings. The summed E-state index contributed by atoms with van der Waals surface area (Å²) in [7, 11) is -3.50. The van der Waals surface area contributed by atoms with Gasteiger partial charge in [-0.15, -0.1) is 0 Å². The first-order valence-corrected chi connectivity index (χ1v) is 10.3. The van der Waals surface area contributed by atoms with Gasteiger partial charge in [-0.25, -0.2) is 13.2 Å². The molecule has 2 N–H and O–H groups in total. The summed E-state index contributed by atoms with van der Waals surface area (Å²) in [6, 6.07) is 13.8. The maximum absolute atomic E-state index is 12.3. The van der Waals surface area contributed by atoms with Crippen molar-refractivity contribution in [3.8, 4) is 0 Å². The fourth-order valence-corrected chi connectivity index (χ4v) is 4.06.